The van der Waals surface area contributed by atoms with Crippen molar-refractivity contribution in [2.45, 2.75) is 19.4 Å². The molecule has 0 aromatic carbocycles. The van der Waals surface area contributed by atoms with Crippen LogP contribution in [0, 0.1) is 0 Å². The molecule has 1 aliphatic heterocycles. The number of pyridine rings is 1. The summed E-state index contributed by atoms with van der Waals surface area (Å²) in [5.41, 5.74) is 6.32. The minimum Gasteiger partial charge on any atom is -0.397 e. The first-order valence-corrected chi connectivity index (χ1v) is 5.16. The van der Waals surface area contributed by atoms with E-state index in [0.717, 1.165) is 25.6 Å². The number of nitrogens with zero attached hydrogens (tertiary/aromatic N) is 2. The van der Waals surface area contributed by atoms with Gasteiger partial charge in [0.15, 0.2) is 0 Å². The molecule has 4 nitrogen and oxygen atoms in total. The van der Waals surface area contributed by atoms with E-state index in [0.29, 0.717) is 5.69 Å². The van der Waals surface area contributed by atoms with Gasteiger partial charge in [-0.3, -0.25) is 0 Å². The van der Waals surface area contributed by atoms with Crippen molar-refractivity contribution in [2.24, 2.45) is 0 Å². The Hall–Kier alpha value is -1.29. The van der Waals surface area contributed by atoms with Crippen molar-refractivity contribution >= 4 is 11.5 Å². The van der Waals surface area contributed by atoms with Gasteiger partial charge in [0.25, 0.3) is 0 Å². The molecule has 1 saturated heterocycles. The first kappa shape index (κ1) is 10.2. The molecule has 0 spiro atoms. The highest BCUT2D eigenvalue weighted by molar-refractivity contribution is 5.47. The van der Waals surface area contributed by atoms with E-state index in [9.17, 15) is 0 Å². The Kier molecular flexibility index (Phi) is 2.52. The number of hydrogen-bond acceptors (Lipinski definition) is 4. The van der Waals surface area contributed by atoms with E-state index in [2.05, 4.69) is 23.7 Å². The lowest BCUT2D eigenvalue weighted by Crippen LogP contribution is -2.53. The van der Waals surface area contributed by atoms with E-state index in [1.165, 1.54) is 0 Å². The zero-order valence-corrected chi connectivity index (χ0v) is 9.23. The van der Waals surface area contributed by atoms with Gasteiger partial charge in [-0.1, -0.05) is 0 Å². The number of ether oxygens (including phenoxy) is 1. The topological polar surface area (TPSA) is 51.4 Å². The summed E-state index contributed by atoms with van der Waals surface area (Å²) in [5, 5.41) is 0. The van der Waals surface area contributed by atoms with Crippen LogP contribution in [0.2, 0.25) is 0 Å². The van der Waals surface area contributed by atoms with E-state index in [4.69, 9.17) is 10.5 Å². The van der Waals surface area contributed by atoms with Gasteiger partial charge in [-0.2, -0.15) is 0 Å². The highest BCUT2D eigenvalue weighted by Crippen LogP contribution is 2.25. The standard InChI is InChI=1S/C11H17N3O/c1-11(2)8-15-6-5-14(11)10-4-3-9(12)7-13-10/h3-4,7H,5-6,8,12H2,1-2H3. The second-order valence-electron chi connectivity index (χ2n) is 4.47. The van der Waals surface area contributed by atoms with Crippen molar-refractivity contribution in [1.82, 2.24) is 4.98 Å². The number of nitrogen functional groups attached to an aromatic ring is 1. The van der Waals surface area contributed by atoms with Crippen molar-refractivity contribution in [3.05, 3.63) is 18.3 Å². The Bertz CT molecular complexity index is 334. The molecule has 15 heavy (non-hydrogen) atoms. The summed E-state index contributed by atoms with van der Waals surface area (Å²) >= 11 is 0. The Morgan fingerprint density at radius 3 is 2.87 bits per heavy atom. The minimum absolute atomic E-state index is 0.00135. The van der Waals surface area contributed by atoms with E-state index in [1.807, 2.05) is 12.1 Å². The molecule has 0 aliphatic carbocycles. The van der Waals surface area contributed by atoms with Gasteiger partial charge in [0.05, 0.1) is 30.6 Å². The van der Waals surface area contributed by atoms with Crippen LogP contribution in [-0.2, 0) is 4.74 Å². The zero-order valence-electron chi connectivity index (χ0n) is 9.23. The van der Waals surface area contributed by atoms with Crippen LogP contribution >= 0.6 is 0 Å². The molecule has 82 valence electrons. The summed E-state index contributed by atoms with van der Waals surface area (Å²) in [5.74, 6) is 0.970. The predicted molar refractivity (Wildman–Crippen MR) is 60.9 cm³/mol. The molecule has 0 saturated carbocycles. The Morgan fingerprint density at radius 2 is 2.27 bits per heavy atom. The lowest BCUT2D eigenvalue weighted by atomic mass is 10.0. The molecule has 1 aromatic rings. The Morgan fingerprint density at radius 1 is 1.47 bits per heavy atom. The predicted octanol–water partition coefficient (Wildman–Crippen LogP) is 1.28. The molecule has 2 rings (SSSR count). The fourth-order valence-electron chi connectivity index (χ4n) is 1.84. The van der Waals surface area contributed by atoms with Gasteiger partial charge in [-0.05, 0) is 26.0 Å². The zero-order chi connectivity index (χ0) is 10.9. The third kappa shape index (κ3) is 2.04. The van der Waals surface area contributed by atoms with Crippen molar-refractivity contribution in [3.8, 4) is 0 Å². The van der Waals surface area contributed by atoms with E-state index >= 15 is 0 Å². The first-order chi connectivity index (χ1) is 7.09. The van der Waals surface area contributed by atoms with Gasteiger partial charge in [-0.25, -0.2) is 4.98 Å². The van der Waals surface area contributed by atoms with E-state index in [1.54, 1.807) is 6.20 Å². The minimum atomic E-state index is 0.00135. The number of morpholine rings is 1. The van der Waals surface area contributed by atoms with Crippen LogP contribution in [-0.4, -0.2) is 30.3 Å². The van der Waals surface area contributed by atoms with Crippen LogP contribution in [0.15, 0.2) is 18.3 Å². The van der Waals surface area contributed by atoms with Crippen molar-refractivity contribution in [2.75, 3.05) is 30.4 Å². The van der Waals surface area contributed by atoms with Crippen LogP contribution in [0.25, 0.3) is 0 Å². The average Bonchev–Trinajstić information content (AvgIpc) is 2.19. The normalized spacial score (nSPS) is 20.3. The third-order valence-corrected chi connectivity index (χ3v) is 2.69. The van der Waals surface area contributed by atoms with Crippen molar-refractivity contribution in [3.63, 3.8) is 0 Å². The maximum absolute atomic E-state index is 5.62. The lowest BCUT2D eigenvalue weighted by molar-refractivity contribution is 0.0639. The molecule has 1 aromatic heterocycles. The molecule has 0 amide bonds. The molecule has 0 radical (unpaired) electrons. The molecule has 2 N–H and O–H groups in total. The number of nitrogens with two attached hydrogens (primary N) is 1. The molecule has 4 heteroatoms. The summed E-state index contributed by atoms with van der Waals surface area (Å²) in [6, 6.07) is 3.84. The molecule has 1 fully saturated rings. The second-order valence-corrected chi connectivity index (χ2v) is 4.47. The second kappa shape index (κ2) is 3.70. The fraction of sp³-hybridized carbons (Fsp3) is 0.545. The number of anilines is 2. The summed E-state index contributed by atoms with van der Waals surface area (Å²) < 4.78 is 5.47. The summed E-state index contributed by atoms with van der Waals surface area (Å²) in [7, 11) is 0. The first-order valence-electron chi connectivity index (χ1n) is 5.16. The molecule has 0 unspecified atom stereocenters. The Labute approximate surface area is 90.0 Å². The smallest absolute Gasteiger partial charge is 0.129 e. The van der Waals surface area contributed by atoms with Gasteiger partial charge in [0.2, 0.25) is 0 Å². The van der Waals surface area contributed by atoms with Crippen LogP contribution in [0.4, 0.5) is 11.5 Å². The van der Waals surface area contributed by atoms with Gasteiger partial charge < -0.3 is 15.4 Å². The highest BCUT2D eigenvalue weighted by Gasteiger charge is 2.31. The summed E-state index contributed by atoms with van der Waals surface area (Å²) in [6.45, 7) is 6.69. The van der Waals surface area contributed by atoms with Crippen LogP contribution in [0.1, 0.15) is 13.8 Å². The average molecular weight is 207 g/mol. The quantitative estimate of drug-likeness (QED) is 0.753. The van der Waals surface area contributed by atoms with Crippen LogP contribution in [0.3, 0.4) is 0 Å². The van der Waals surface area contributed by atoms with E-state index < -0.39 is 0 Å². The molecule has 0 bridgehead atoms. The largest absolute Gasteiger partial charge is 0.397 e. The van der Waals surface area contributed by atoms with Crippen LogP contribution in [0.5, 0.6) is 0 Å². The molecule has 2 heterocycles. The van der Waals surface area contributed by atoms with Crippen molar-refractivity contribution in [1.29, 1.82) is 0 Å². The number of aromatic nitrogens is 1. The van der Waals surface area contributed by atoms with Crippen molar-refractivity contribution < 1.29 is 4.74 Å². The number of rotatable bonds is 1. The van der Waals surface area contributed by atoms with Gasteiger partial charge >= 0.3 is 0 Å². The van der Waals surface area contributed by atoms with Crippen LogP contribution < -0.4 is 10.6 Å². The summed E-state index contributed by atoms with van der Waals surface area (Å²) in [4.78, 5) is 6.60. The summed E-state index contributed by atoms with van der Waals surface area (Å²) in [6.07, 6.45) is 1.70. The van der Waals surface area contributed by atoms with Gasteiger partial charge in [-0.15, -0.1) is 0 Å². The van der Waals surface area contributed by atoms with Gasteiger partial charge in [0, 0.05) is 6.54 Å². The lowest BCUT2D eigenvalue weighted by Gasteiger charge is -2.42. The van der Waals surface area contributed by atoms with Gasteiger partial charge in [0.1, 0.15) is 5.82 Å². The SMILES string of the molecule is CC1(C)COCCN1c1ccc(N)cn1. The molecular formula is C11H17N3O. The third-order valence-electron chi connectivity index (χ3n) is 2.69. The molecule has 0 atom stereocenters. The highest BCUT2D eigenvalue weighted by atomic mass is 16.5. The molecular weight excluding hydrogens is 190 g/mol. The molecule has 1 aliphatic rings. The fourth-order valence-corrected chi connectivity index (χ4v) is 1.84. The maximum Gasteiger partial charge on any atom is 0.129 e. The Balaban J connectivity index is 2.25. The number of hydrogen-bond donors (Lipinski definition) is 1. The van der Waals surface area contributed by atoms with E-state index in [-0.39, 0.29) is 5.54 Å². The maximum atomic E-state index is 5.62. The monoisotopic (exact) mass is 207 g/mol.